The predicted octanol–water partition coefficient (Wildman–Crippen LogP) is -6.38. The molecule has 20 nitrogen and oxygen atoms in total. The number of aliphatic hydroxyl groups excluding tert-OH is 7. The summed E-state index contributed by atoms with van der Waals surface area (Å²) >= 11 is 0. The van der Waals surface area contributed by atoms with Crippen LogP contribution in [-0.2, 0) is 47.6 Å². The molecule has 3 rings (SSSR count). The van der Waals surface area contributed by atoms with E-state index in [4.69, 9.17) is 28.4 Å². The first kappa shape index (κ1) is 40.8. The first-order valence-corrected chi connectivity index (χ1v) is 15.8. The molecule has 3 saturated heterocycles. The quantitative estimate of drug-likeness (QED) is 0.0666. The van der Waals surface area contributed by atoms with E-state index >= 15 is 0 Å². The summed E-state index contributed by atoms with van der Waals surface area (Å²) in [4.78, 5) is 47.3. The van der Waals surface area contributed by atoms with Gasteiger partial charge in [-0.3, -0.25) is 19.2 Å². The van der Waals surface area contributed by atoms with Crippen LogP contribution in [0.4, 0.5) is 0 Å². The van der Waals surface area contributed by atoms with Gasteiger partial charge in [0.15, 0.2) is 6.29 Å². The fourth-order valence-corrected chi connectivity index (χ4v) is 6.47. The highest BCUT2D eigenvalue weighted by Crippen LogP contribution is 2.31. The van der Waals surface area contributed by atoms with E-state index in [-0.39, 0.29) is 32.9 Å². The summed E-state index contributed by atoms with van der Waals surface area (Å²) in [6.07, 6.45) is -12.5. The number of aliphatic hydroxyl groups is 7. The molecule has 282 valence electrons. The van der Waals surface area contributed by atoms with Gasteiger partial charge in [-0.15, -0.1) is 0 Å². The third-order valence-corrected chi connectivity index (χ3v) is 8.81. The molecule has 10 N–H and O–H groups in total. The summed E-state index contributed by atoms with van der Waals surface area (Å²) in [7, 11) is 0. The van der Waals surface area contributed by atoms with Crippen molar-refractivity contribution in [2.45, 2.75) is 100 Å². The van der Waals surface area contributed by atoms with Gasteiger partial charge in [-0.25, -0.2) is 0 Å². The number of nitrogens with one attached hydrogen (secondary N) is 3. The molecule has 0 aliphatic carbocycles. The van der Waals surface area contributed by atoms with Crippen LogP contribution in [0.2, 0.25) is 0 Å². The van der Waals surface area contributed by atoms with Crippen molar-refractivity contribution in [1.29, 1.82) is 0 Å². The fraction of sp³-hybridized carbons (Fsp3) is 0.862. The van der Waals surface area contributed by atoms with Crippen molar-refractivity contribution in [2.75, 3.05) is 46.2 Å². The highest BCUT2D eigenvalue weighted by atomic mass is 16.6. The Bertz CT molecular complexity index is 1090. The van der Waals surface area contributed by atoms with E-state index in [0.717, 1.165) is 0 Å². The molecule has 0 aromatic carbocycles. The zero-order valence-corrected chi connectivity index (χ0v) is 27.4. The smallest absolute Gasteiger partial charge is 0.293 e. The number of hydrogen-bond acceptors (Lipinski definition) is 17. The van der Waals surface area contributed by atoms with E-state index in [2.05, 4.69) is 16.0 Å². The average molecular weight is 712 g/mol. The van der Waals surface area contributed by atoms with E-state index < -0.39 is 129 Å². The molecule has 3 aliphatic heterocycles. The Morgan fingerprint density at radius 1 is 0.592 bits per heavy atom. The lowest BCUT2D eigenvalue weighted by molar-refractivity contribution is -0.248. The van der Waals surface area contributed by atoms with Crippen LogP contribution < -0.4 is 16.0 Å². The molecule has 3 amide bonds. The van der Waals surface area contributed by atoms with Crippen LogP contribution in [0.15, 0.2) is 0 Å². The van der Waals surface area contributed by atoms with Crippen LogP contribution >= 0.6 is 0 Å². The summed E-state index contributed by atoms with van der Waals surface area (Å²) in [6.45, 7) is 0.811. The van der Waals surface area contributed by atoms with Gasteiger partial charge in [-0.1, -0.05) is 0 Å². The van der Waals surface area contributed by atoms with Crippen molar-refractivity contribution in [2.24, 2.45) is 11.8 Å². The molecule has 0 aromatic heterocycles. The number of carbonyl (C=O) groups excluding carboxylic acids is 4. The van der Waals surface area contributed by atoms with Gasteiger partial charge in [0.1, 0.15) is 42.7 Å². The summed E-state index contributed by atoms with van der Waals surface area (Å²) in [6, 6.07) is -3.38. The molecule has 3 heterocycles. The Morgan fingerprint density at radius 3 is 1.59 bits per heavy atom. The minimum absolute atomic E-state index is 0.153. The third-order valence-electron chi connectivity index (χ3n) is 8.81. The van der Waals surface area contributed by atoms with Crippen LogP contribution in [0.25, 0.3) is 0 Å². The summed E-state index contributed by atoms with van der Waals surface area (Å²) in [5.41, 5.74) is 0. The second kappa shape index (κ2) is 19.1. The fourth-order valence-electron chi connectivity index (χ4n) is 6.47. The van der Waals surface area contributed by atoms with Crippen molar-refractivity contribution in [3.05, 3.63) is 0 Å². The van der Waals surface area contributed by atoms with E-state index in [9.17, 15) is 54.9 Å². The van der Waals surface area contributed by atoms with Crippen LogP contribution in [0, 0.1) is 11.8 Å². The Hall–Kier alpha value is -2.60. The van der Waals surface area contributed by atoms with E-state index in [0.29, 0.717) is 0 Å². The van der Waals surface area contributed by atoms with Gasteiger partial charge in [0.05, 0.1) is 82.6 Å². The van der Waals surface area contributed by atoms with Crippen LogP contribution in [0.3, 0.4) is 0 Å². The number of amides is 3. The topological polar surface area (TPSA) is 301 Å². The van der Waals surface area contributed by atoms with Gasteiger partial charge >= 0.3 is 0 Å². The van der Waals surface area contributed by atoms with Crippen LogP contribution in [0.1, 0.15) is 20.8 Å². The maximum atomic E-state index is 12.2. The molecule has 0 aromatic rings. The molecule has 49 heavy (non-hydrogen) atoms. The van der Waals surface area contributed by atoms with Crippen LogP contribution in [-0.4, -0.2) is 186 Å². The van der Waals surface area contributed by atoms with Crippen molar-refractivity contribution < 1.29 is 83.3 Å². The van der Waals surface area contributed by atoms with Gasteiger partial charge in [0, 0.05) is 26.7 Å². The highest BCUT2D eigenvalue weighted by molar-refractivity contribution is 5.74. The Morgan fingerprint density at radius 2 is 1.06 bits per heavy atom. The summed E-state index contributed by atoms with van der Waals surface area (Å²) < 4.78 is 34.2. The Labute approximate surface area is 281 Å². The first-order valence-electron chi connectivity index (χ1n) is 15.8. The standard InChI is InChI=1S/C29H49N3O17/c1-12(37)30-22-20(48-19(6-35)26(41)27(22)42)9-45-8-16-18(5-34)47-21(23(31-13(2)38)28(16)46-11-36)10-44-7-15-17(4-33)49-29(43)24(25(15)40)32-14(3)39/h11,15-29,33-35,40-43H,4-10H2,1-3H3,(H,30,37)(H,31,38)(H,32,39)/t15-,16-,17?,18?,19?,20+,21+,22?,23?,24?,25+,26-,27-,28+,29-/m1/s1. The predicted molar refractivity (Wildman–Crippen MR) is 160 cm³/mol. The zero-order valence-electron chi connectivity index (χ0n) is 27.4. The van der Waals surface area contributed by atoms with Gasteiger partial charge in [-0.2, -0.15) is 0 Å². The summed E-state index contributed by atoms with van der Waals surface area (Å²) in [5.74, 6) is -3.43. The Kier molecular flexibility index (Phi) is 15.9. The second-order valence-corrected chi connectivity index (χ2v) is 12.3. The highest BCUT2D eigenvalue weighted by Gasteiger charge is 2.50. The minimum atomic E-state index is -1.60. The molecule has 0 saturated carbocycles. The SMILES string of the molecule is CC(=O)NC1[C@H](COC[C@@H]2C(CO)O[C@@H](COC[C@@H]3C(CO)O[C@@H](O)C(NC(C)=O)[C@H]3O)C(NC(C)=O)[C@H]2OC=O)OC(CO)[C@@H](O)[C@@H]1O. The van der Waals surface area contributed by atoms with Gasteiger partial charge in [-0.05, 0) is 0 Å². The van der Waals surface area contributed by atoms with Gasteiger partial charge < -0.3 is 80.1 Å². The zero-order chi connectivity index (χ0) is 36.4. The molecular formula is C29H49N3O17. The number of ether oxygens (including phenoxy) is 6. The average Bonchev–Trinajstić information content (AvgIpc) is 3.04. The maximum Gasteiger partial charge on any atom is 0.293 e. The first-order chi connectivity index (χ1) is 23.3. The molecule has 20 heteroatoms. The lowest BCUT2D eigenvalue weighted by atomic mass is 9.85. The normalized spacial score (nSPS) is 39.4. The van der Waals surface area contributed by atoms with Crippen molar-refractivity contribution in [1.82, 2.24) is 16.0 Å². The van der Waals surface area contributed by atoms with Crippen molar-refractivity contribution >= 4 is 24.2 Å². The van der Waals surface area contributed by atoms with E-state index in [1.165, 1.54) is 20.8 Å². The molecule has 6 unspecified atom stereocenters. The minimum Gasteiger partial charge on any atom is -0.462 e. The Balaban J connectivity index is 1.74. The molecule has 3 fully saturated rings. The van der Waals surface area contributed by atoms with Crippen molar-refractivity contribution in [3.63, 3.8) is 0 Å². The number of rotatable bonds is 16. The third kappa shape index (κ3) is 10.5. The lowest BCUT2D eigenvalue weighted by Gasteiger charge is -2.46. The van der Waals surface area contributed by atoms with Crippen LogP contribution in [0.5, 0.6) is 0 Å². The molecule has 0 radical (unpaired) electrons. The molecular weight excluding hydrogens is 662 g/mol. The second-order valence-electron chi connectivity index (χ2n) is 12.3. The van der Waals surface area contributed by atoms with E-state index in [1.54, 1.807) is 0 Å². The van der Waals surface area contributed by atoms with E-state index in [1.807, 2.05) is 0 Å². The molecule has 0 spiro atoms. The molecule has 15 atom stereocenters. The molecule has 3 aliphatic rings. The van der Waals surface area contributed by atoms with Gasteiger partial charge in [0.2, 0.25) is 17.7 Å². The monoisotopic (exact) mass is 711 g/mol. The van der Waals surface area contributed by atoms with Crippen molar-refractivity contribution in [3.8, 4) is 0 Å². The molecule has 0 bridgehead atoms. The maximum absolute atomic E-state index is 12.2. The summed E-state index contributed by atoms with van der Waals surface area (Å²) in [5, 5.41) is 79.1. The number of hydrogen-bond donors (Lipinski definition) is 10. The largest absolute Gasteiger partial charge is 0.462 e. The van der Waals surface area contributed by atoms with Gasteiger partial charge in [0.25, 0.3) is 6.47 Å². The number of carbonyl (C=O) groups is 4. The lowest BCUT2D eigenvalue weighted by Crippen LogP contribution is -2.65.